The number of anilines is 1. The molecule has 0 saturated carbocycles. The molecule has 1 N–H and O–H groups in total. The summed E-state index contributed by atoms with van der Waals surface area (Å²) in [6, 6.07) is 5.57. The summed E-state index contributed by atoms with van der Waals surface area (Å²) in [7, 11) is 0. The summed E-state index contributed by atoms with van der Waals surface area (Å²) < 4.78 is 15.6. The lowest BCUT2D eigenvalue weighted by atomic mass is 10.1. The Balaban J connectivity index is 1.79. The summed E-state index contributed by atoms with van der Waals surface area (Å²) in [6.45, 7) is 4.72. The normalized spacial score (nSPS) is 11.3. The summed E-state index contributed by atoms with van der Waals surface area (Å²) >= 11 is 8.52. The van der Waals surface area contributed by atoms with Gasteiger partial charge in [-0.2, -0.15) is 0 Å². The van der Waals surface area contributed by atoms with E-state index in [4.69, 9.17) is 11.6 Å². The fourth-order valence-corrected chi connectivity index (χ4v) is 4.30. The first-order valence-corrected chi connectivity index (χ1v) is 10.9. The Morgan fingerprint density at radius 3 is 2.93 bits per heavy atom. The molecule has 0 fully saturated rings. The van der Waals surface area contributed by atoms with Crippen LogP contribution in [0, 0.1) is 11.7 Å². The summed E-state index contributed by atoms with van der Waals surface area (Å²) in [5, 5.41) is 5.18. The first-order chi connectivity index (χ1) is 13.3. The van der Waals surface area contributed by atoms with E-state index in [9.17, 15) is 14.0 Å². The van der Waals surface area contributed by atoms with Gasteiger partial charge in [0, 0.05) is 6.54 Å². The quantitative estimate of drug-likeness (QED) is 0.414. The zero-order chi connectivity index (χ0) is 20.3. The Bertz CT molecular complexity index is 1070. The van der Waals surface area contributed by atoms with Gasteiger partial charge in [-0.05, 0) is 42.0 Å². The van der Waals surface area contributed by atoms with Crippen LogP contribution in [-0.4, -0.2) is 21.2 Å². The maximum Gasteiger partial charge on any atom is 0.272 e. The molecule has 0 aliphatic heterocycles. The molecule has 148 valence electrons. The highest BCUT2D eigenvalue weighted by Crippen LogP contribution is 2.24. The number of carbonyl (C=O) groups is 1. The number of nitrogens with one attached hydrogen (secondary N) is 1. The number of nitrogens with zero attached hydrogens (tertiary/aromatic N) is 2. The molecule has 1 aromatic carbocycles. The predicted molar refractivity (Wildman–Crippen MR) is 114 cm³/mol. The maximum absolute atomic E-state index is 13.4. The van der Waals surface area contributed by atoms with E-state index in [-0.39, 0.29) is 27.9 Å². The van der Waals surface area contributed by atoms with E-state index in [1.807, 2.05) is 5.38 Å². The summed E-state index contributed by atoms with van der Waals surface area (Å²) in [4.78, 5) is 29.7. The number of fused-ring (bicyclic) bond motifs is 1. The van der Waals surface area contributed by atoms with Crippen molar-refractivity contribution in [2.75, 3.05) is 11.1 Å². The third-order valence-corrected chi connectivity index (χ3v) is 6.19. The second-order valence-corrected chi connectivity index (χ2v) is 8.90. The Morgan fingerprint density at radius 2 is 2.18 bits per heavy atom. The van der Waals surface area contributed by atoms with Crippen LogP contribution in [-0.2, 0) is 11.3 Å². The van der Waals surface area contributed by atoms with Crippen molar-refractivity contribution in [2.45, 2.75) is 32.0 Å². The highest BCUT2D eigenvalue weighted by Gasteiger charge is 2.15. The van der Waals surface area contributed by atoms with Gasteiger partial charge in [0.25, 0.3) is 5.56 Å². The number of thiophene rings is 1. The third-order valence-electron chi connectivity index (χ3n) is 4.00. The molecule has 0 spiro atoms. The molecular weight excluding hydrogens is 421 g/mol. The fraction of sp³-hybridized carbons (Fsp3) is 0.316. The van der Waals surface area contributed by atoms with Gasteiger partial charge in [-0.25, -0.2) is 9.37 Å². The molecule has 3 rings (SSSR count). The Hall–Kier alpha value is -1.90. The fourth-order valence-electron chi connectivity index (χ4n) is 2.53. The third kappa shape index (κ3) is 4.92. The van der Waals surface area contributed by atoms with E-state index < -0.39 is 5.82 Å². The molecule has 3 aromatic rings. The second-order valence-electron chi connectivity index (χ2n) is 6.63. The first-order valence-electron chi connectivity index (χ1n) is 8.71. The molecule has 28 heavy (non-hydrogen) atoms. The van der Waals surface area contributed by atoms with Gasteiger partial charge in [0.2, 0.25) is 5.91 Å². The number of amides is 1. The van der Waals surface area contributed by atoms with Crippen molar-refractivity contribution in [3.05, 3.63) is 50.8 Å². The Kier molecular flexibility index (Phi) is 6.74. The van der Waals surface area contributed by atoms with Crippen LogP contribution >= 0.6 is 34.7 Å². The number of halogens is 2. The first kappa shape index (κ1) is 20.8. The second kappa shape index (κ2) is 9.07. The van der Waals surface area contributed by atoms with Gasteiger partial charge in [0.15, 0.2) is 5.16 Å². The minimum Gasteiger partial charge on any atom is -0.324 e. The Labute approximate surface area is 174 Å². The van der Waals surface area contributed by atoms with Crippen molar-refractivity contribution in [3.63, 3.8) is 0 Å². The number of thioether (sulfide) groups is 1. The maximum atomic E-state index is 13.4. The van der Waals surface area contributed by atoms with Gasteiger partial charge < -0.3 is 5.32 Å². The van der Waals surface area contributed by atoms with Gasteiger partial charge >= 0.3 is 0 Å². The molecule has 2 heterocycles. The van der Waals surface area contributed by atoms with Crippen LogP contribution in [0.3, 0.4) is 0 Å². The summed E-state index contributed by atoms with van der Waals surface area (Å²) in [6.07, 6.45) is 0.830. The zero-order valence-electron chi connectivity index (χ0n) is 15.4. The van der Waals surface area contributed by atoms with Crippen LogP contribution < -0.4 is 10.9 Å². The lowest BCUT2D eigenvalue weighted by molar-refractivity contribution is -0.113. The lowest BCUT2D eigenvalue weighted by Crippen LogP contribution is -2.24. The standard InChI is InChI=1S/C19H19ClFN3O2S2/c1-11(2)5-7-24-18(26)17-14(6-8-27-17)23-19(24)28-10-16(25)22-15-9-12(21)3-4-13(15)20/h3-4,6,8-9,11H,5,7,10H2,1-2H3,(H,22,25). The monoisotopic (exact) mass is 439 g/mol. The average Bonchev–Trinajstić information content (AvgIpc) is 3.11. The van der Waals surface area contributed by atoms with Gasteiger partial charge in [-0.3, -0.25) is 14.2 Å². The minimum atomic E-state index is -0.487. The molecule has 0 bridgehead atoms. The molecule has 0 unspecified atom stereocenters. The number of benzene rings is 1. The van der Waals surface area contributed by atoms with E-state index in [0.717, 1.165) is 6.42 Å². The molecule has 5 nitrogen and oxygen atoms in total. The van der Waals surface area contributed by atoms with E-state index in [0.29, 0.717) is 27.8 Å². The highest BCUT2D eigenvalue weighted by atomic mass is 35.5. The van der Waals surface area contributed by atoms with Gasteiger partial charge in [-0.1, -0.05) is 37.2 Å². The van der Waals surface area contributed by atoms with Crippen LogP contribution in [0.4, 0.5) is 10.1 Å². The lowest BCUT2D eigenvalue weighted by Gasteiger charge is -2.13. The average molecular weight is 440 g/mol. The van der Waals surface area contributed by atoms with Crippen molar-refractivity contribution in [1.82, 2.24) is 9.55 Å². The van der Waals surface area contributed by atoms with Crippen molar-refractivity contribution in [3.8, 4) is 0 Å². The topological polar surface area (TPSA) is 64.0 Å². The molecular formula is C19H19ClFN3O2S2. The van der Waals surface area contributed by atoms with E-state index >= 15 is 0 Å². The summed E-state index contributed by atoms with van der Waals surface area (Å²) in [5.74, 6) is -0.384. The molecule has 0 radical (unpaired) electrons. The van der Waals surface area contributed by atoms with Crippen molar-refractivity contribution < 1.29 is 9.18 Å². The summed E-state index contributed by atoms with van der Waals surface area (Å²) in [5.41, 5.74) is 0.759. The van der Waals surface area contributed by atoms with Crippen LogP contribution in [0.1, 0.15) is 20.3 Å². The van der Waals surface area contributed by atoms with Gasteiger partial charge in [-0.15, -0.1) is 11.3 Å². The molecule has 0 atom stereocenters. The van der Waals surface area contributed by atoms with E-state index in [1.54, 1.807) is 10.6 Å². The number of carbonyl (C=O) groups excluding carboxylic acids is 1. The molecule has 0 aliphatic rings. The van der Waals surface area contributed by atoms with Crippen molar-refractivity contribution >= 4 is 56.5 Å². The van der Waals surface area contributed by atoms with Crippen LogP contribution in [0.5, 0.6) is 0 Å². The van der Waals surface area contributed by atoms with Gasteiger partial charge in [0.1, 0.15) is 10.5 Å². The number of hydrogen-bond donors (Lipinski definition) is 1. The smallest absolute Gasteiger partial charge is 0.272 e. The van der Waals surface area contributed by atoms with E-state index in [1.165, 1.54) is 41.3 Å². The predicted octanol–water partition coefficient (Wildman–Crippen LogP) is 5.03. The van der Waals surface area contributed by atoms with Crippen LogP contribution in [0.2, 0.25) is 5.02 Å². The largest absolute Gasteiger partial charge is 0.324 e. The van der Waals surface area contributed by atoms with Crippen LogP contribution in [0.15, 0.2) is 39.6 Å². The minimum absolute atomic E-state index is 0.0244. The molecule has 2 aromatic heterocycles. The molecule has 0 aliphatic carbocycles. The van der Waals surface area contributed by atoms with Crippen LogP contribution in [0.25, 0.3) is 10.2 Å². The van der Waals surface area contributed by atoms with Gasteiger partial charge in [0.05, 0.1) is 22.0 Å². The number of aromatic nitrogens is 2. The van der Waals surface area contributed by atoms with Crippen molar-refractivity contribution in [1.29, 1.82) is 0 Å². The molecule has 1 amide bonds. The van der Waals surface area contributed by atoms with Crippen molar-refractivity contribution in [2.24, 2.45) is 5.92 Å². The highest BCUT2D eigenvalue weighted by molar-refractivity contribution is 7.99. The number of rotatable bonds is 7. The zero-order valence-corrected chi connectivity index (χ0v) is 17.8. The Morgan fingerprint density at radius 1 is 1.39 bits per heavy atom. The SMILES string of the molecule is CC(C)CCn1c(SCC(=O)Nc2cc(F)ccc2Cl)nc2ccsc2c1=O. The molecule has 0 saturated heterocycles. The van der Waals surface area contributed by atoms with E-state index in [2.05, 4.69) is 24.1 Å². The number of hydrogen-bond acceptors (Lipinski definition) is 5. The molecule has 9 heteroatoms.